The van der Waals surface area contributed by atoms with Crippen molar-refractivity contribution in [1.29, 1.82) is 0 Å². The Morgan fingerprint density at radius 1 is 1.00 bits per heavy atom. The Labute approximate surface area is 121 Å². The van der Waals surface area contributed by atoms with Crippen LogP contribution in [0.5, 0.6) is 0 Å². The molecule has 2 rings (SSSR count). The highest BCUT2D eigenvalue weighted by Crippen LogP contribution is 2.12. The summed E-state index contributed by atoms with van der Waals surface area (Å²) in [5, 5.41) is 0. The number of benzene rings is 2. The van der Waals surface area contributed by atoms with Gasteiger partial charge in [-0.1, -0.05) is 0 Å². The first-order valence-corrected chi connectivity index (χ1v) is 7.65. The van der Waals surface area contributed by atoms with E-state index >= 15 is 0 Å². The molecule has 0 aliphatic rings. The third kappa shape index (κ3) is 4.24. The summed E-state index contributed by atoms with van der Waals surface area (Å²) in [5.41, 5.74) is 6.33. The molecule has 2 aromatic carbocycles. The van der Waals surface area contributed by atoms with E-state index in [1.165, 1.54) is 36.4 Å². The normalized spacial score (nSPS) is 11.5. The van der Waals surface area contributed by atoms with Crippen LogP contribution < -0.4 is 10.5 Å². The highest BCUT2D eigenvalue weighted by molar-refractivity contribution is 7.89. The van der Waals surface area contributed by atoms with Gasteiger partial charge in [0.1, 0.15) is 11.6 Å². The van der Waals surface area contributed by atoms with Gasteiger partial charge in [-0.25, -0.2) is 21.9 Å². The highest BCUT2D eigenvalue weighted by Gasteiger charge is 2.13. The second kappa shape index (κ2) is 6.19. The second-order valence-electron chi connectivity index (χ2n) is 4.49. The van der Waals surface area contributed by atoms with Crippen molar-refractivity contribution in [2.24, 2.45) is 0 Å². The van der Waals surface area contributed by atoms with Crippen molar-refractivity contribution >= 4 is 15.7 Å². The lowest BCUT2D eigenvalue weighted by Gasteiger charge is -2.07. The van der Waals surface area contributed by atoms with Crippen molar-refractivity contribution < 1.29 is 17.2 Å². The van der Waals surface area contributed by atoms with Gasteiger partial charge in [0, 0.05) is 18.3 Å². The number of rotatable bonds is 5. The van der Waals surface area contributed by atoms with Gasteiger partial charge in [-0.15, -0.1) is 0 Å². The number of hydrogen-bond donors (Lipinski definition) is 2. The van der Waals surface area contributed by atoms with Crippen LogP contribution in [-0.4, -0.2) is 15.0 Å². The molecule has 0 heterocycles. The molecule has 0 fully saturated rings. The Morgan fingerprint density at radius 2 is 1.57 bits per heavy atom. The predicted octanol–water partition coefficient (Wildman–Crippen LogP) is 2.07. The molecule has 0 radical (unpaired) electrons. The van der Waals surface area contributed by atoms with Crippen molar-refractivity contribution in [3.63, 3.8) is 0 Å². The maximum atomic E-state index is 13.0. The number of anilines is 1. The van der Waals surface area contributed by atoms with Crippen molar-refractivity contribution in [3.05, 3.63) is 59.7 Å². The number of nitrogens with two attached hydrogens (primary N) is 1. The summed E-state index contributed by atoms with van der Waals surface area (Å²) in [7, 11) is -3.66. The summed E-state index contributed by atoms with van der Waals surface area (Å²) in [6.45, 7) is 0.0373. The molecule has 0 saturated carbocycles. The van der Waals surface area contributed by atoms with E-state index in [9.17, 15) is 17.2 Å². The van der Waals surface area contributed by atoms with Crippen molar-refractivity contribution in [1.82, 2.24) is 4.72 Å². The van der Waals surface area contributed by atoms with Gasteiger partial charge in [0.25, 0.3) is 0 Å². The van der Waals surface area contributed by atoms with Crippen LogP contribution in [0.4, 0.5) is 14.5 Å². The molecular formula is C14H14F2N2O2S. The number of nitrogen functional groups attached to an aromatic ring is 1. The molecule has 2 aromatic rings. The molecule has 21 heavy (non-hydrogen) atoms. The maximum absolute atomic E-state index is 13.0. The van der Waals surface area contributed by atoms with Crippen molar-refractivity contribution in [3.8, 4) is 0 Å². The molecule has 0 atom stereocenters. The van der Waals surface area contributed by atoms with E-state index in [0.717, 1.165) is 6.07 Å². The summed E-state index contributed by atoms with van der Waals surface area (Å²) in [6, 6.07) is 8.84. The van der Waals surface area contributed by atoms with E-state index in [4.69, 9.17) is 5.73 Å². The molecular weight excluding hydrogens is 298 g/mol. The van der Waals surface area contributed by atoms with Gasteiger partial charge in [-0.3, -0.25) is 0 Å². The van der Waals surface area contributed by atoms with Crippen LogP contribution in [0.3, 0.4) is 0 Å². The minimum atomic E-state index is -3.66. The molecule has 0 bridgehead atoms. The van der Waals surface area contributed by atoms with Gasteiger partial charge in [0.15, 0.2) is 0 Å². The Bertz CT molecular complexity index is 711. The van der Waals surface area contributed by atoms with Crippen LogP contribution >= 0.6 is 0 Å². The molecule has 4 nitrogen and oxygen atoms in total. The van der Waals surface area contributed by atoms with E-state index in [2.05, 4.69) is 4.72 Å². The van der Waals surface area contributed by atoms with Crippen molar-refractivity contribution in [2.75, 3.05) is 12.3 Å². The van der Waals surface area contributed by atoms with Gasteiger partial charge in [0.05, 0.1) is 4.90 Å². The van der Waals surface area contributed by atoms with E-state index in [1.54, 1.807) is 0 Å². The maximum Gasteiger partial charge on any atom is 0.240 e. The predicted molar refractivity (Wildman–Crippen MR) is 76.1 cm³/mol. The molecule has 7 heteroatoms. The molecule has 0 saturated heterocycles. The lowest BCUT2D eigenvalue weighted by atomic mass is 10.1. The van der Waals surface area contributed by atoms with E-state index in [1.807, 2.05) is 0 Å². The SMILES string of the molecule is Nc1ccc(S(=O)(=O)NCCc2cc(F)cc(F)c2)cc1. The minimum absolute atomic E-state index is 0.0373. The van der Waals surface area contributed by atoms with Crippen LogP contribution in [0.2, 0.25) is 0 Å². The van der Waals surface area contributed by atoms with Gasteiger partial charge in [-0.05, 0) is 48.4 Å². The minimum Gasteiger partial charge on any atom is -0.399 e. The third-order valence-corrected chi connectivity index (χ3v) is 4.30. The molecule has 0 aromatic heterocycles. The molecule has 3 N–H and O–H groups in total. The van der Waals surface area contributed by atoms with Crippen molar-refractivity contribution in [2.45, 2.75) is 11.3 Å². The fraction of sp³-hybridized carbons (Fsp3) is 0.143. The van der Waals surface area contributed by atoms with Crippen LogP contribution in [0.1, 0.15) is 5.56 Å². The van der Waals surface area contributed by atoms with Gasteiger partial charge in [0.2, 0.25) is 10.0 Å². The zero-order valence-corrected chi connectivity index (χ0v) is 11.8. The van der Waals surface area contributed by atoms with E-state index < -0.39 is 21.7 Å². The molecule has 112 valence electrons. The first-order chi connectivity index (χ1) is 9.87. The standard InChI is InChI=1S/C14H14F2N2O2S/c15-11-7-10(8-12(16)9-11)5-6-18-21(19,20)14-3-1-13(17)2-4-14/h1-4,7-9,18H,5-6,17H2. The molecule has 0 amide bonds. The molecule has 0 unspecified atom stereocenters. The lowest BCUT2D eigenvalue weighted by Crippen LogP contribution is -2.26. The van der Waals surface area contributed by atoms with Crippen LogP contribution in [-0.2, 0) is 16.4 Å². The molecule has 0 aliphatic heterocycles. The van der Waals surface area contributed by atoms with Gasteiger partial charge >= 0.3 is 0 Å². The van der Waals surface area contributed by atoms with Gasteiger partial charge in [-0.2, -0.15) is 0 Å². The van der Waals surface area contributed by atoms with E-state index in [-0.39, 0.29) is 17.9 Å². The topological polar surface area (TPSA) is 72.2 Å². The van der Waals surface area contributed by atoms with Crippen LogP contribution in [0.25, 0.3) is 0 Å². The Hall–Kier alpha value is -1.99. The highest BCUT2D eigenvalue weighted by atomic mass is 32.2. The summed E-state index contributed by atoms with van der Waals surface area (Å²) in [6.07, 6.45) is 0.183. The fourth-order valence-electron chi connectivity index (χ4n) is 1.82. The summed E-state index contributed by atoms with van der Waals surface area (Å²) < 4.78 is 52.3. The van der Waals surface area contributed by atoms with Gasteiger partial charge < -0.3 is 5.73 Å². The number of halogens is 2. The largest absolute Gasteiger partial charge is 0.399 e. The number of sulfonamides is 1. The molecule has 0 spiro atoms. The van der Waals surface area contributed by atoms with E-state index in [0.29, 0.717) is 11.3 Å². The monoisotopic (exact) mass is 312 g/mol. The number of nitrogens with one attached hydrogen (secondary N) is 1. The smallest absolute Gasteiger partial charge is 0.240 e. The third-order valence-electron chi connectivity index (χ3n) is 2.82. The zero-order chi connectivity index (χ0) is 15.5. The van der Waals surface area contributed by atoms with Crippen LogP contribution in [0.15, 0.2) is 47.4 Å². The van der Waals surface area contributed by atoms with Crippen LogP contribution in [0, 0.1) is 11.6 Å². The average Bonchev–Trinajstić information content (AvgIpc) is 2.37. The Balaban J connectivity index is 2.00. The number of hydrogen-bond acceptors (Lipinski definition) is 3. The Kier molecular flexibility index (Phi) is 4.54. The molecule has 0 aliphatic carbocycles. The second-order valence-corrected chi connectivity index (χ2v) is 6.26. The quantitative estimate of drug-likeness (QED) is 0.830. The Morgan fingerprint density at radius 3 is 2.14 bits per heavy atom. The average molecular weight is 312 g/mol. The zero-order valence-electron chi connectivity index (χ0n) is 11.0. The first-order valence-electron chi connectivity index (χ1n) is 6.17. The summed E-state index contributed by atoms with van der Waals surface area (Å²) in [5.74, 6) is -1.38. The summed E-state index contributed by atoms with van der Waals surface area (Å²) >= 11 is 0. The summed E-state index contributed by atoms with van der Waals surface area (Å²) in [4.78, 5) is 0.0853. The lowest BCUT2D eigenvalue weighted by molar-refractivity contribution is 0.576. The first kappa shape index (κ1) is 15.4. The fourth-order valence-corrected chi connectivity index (χ4v) is 2.85.